The smallest absolute Gasteiger partial charge is 0.341 e. The van der Waals surface area contributed by atoms with E-state index >= 15 is 0 Å². The summed E-state index contributed by atoms with van der Waals surface area (Å²) in [7, 11) is 0. The molecule has 4 rings (SSSR count). The Hall–Kier alpha value is -2.68. The Bertz CT molecular complexity index is 978. The van der Waals surface area contributed by atoms with Crippen LogP contribution in [0.5, 0.6) is 0 Å². The Labute approximate surface area is 166 Å². The minimum Gasteiger partial charge on any atom is -0.341 e. The van der Waals surface area contributed by atoms with Gasteiger partial charge >= 0.3 is 6.18 Å². The number of halogens is 3. The lowest BCUT2D eigenvalue weighted by atomic mass is 10.1. The minimum atomic E-state index is -4.37. The molecule has 1 aromatic carbocycles. The van der Waals surface area contributed by atoms with Gasteiger partial charge in [-0.2, -0.15) is 18.2 Å². The van der Waals surface area contributed by atoms with Gasteiger partial charge in [-0.15, -0.1) is 0 Å². The van der Waals surface area contributed by atoms with Crippen molar-refractivity contribution in [2.24, 2.45) is 0 Å². The number of nitrogens with zero attached hydrogens (tertiary/aromatic N) is 4. The van der Waals surface area contributed by atoms with Gasteiger partial charge in [-0.05, 0) is 31.5 Å². The average molecular weight is 405 g/mol. The van der Waals surface area contributed by atoms with Crippen LogP contribution in [-0.4, -0.2) is 31.6 Å². The van der Waals surface area contributed by atoms with Crippen molar-refractivity contribution in [3.05, 3.63) is 53.6 Å². The van der Waals surface area contributed by atoms with Gasteiger partial charge in [0.15, 0.2) is 5.82 Å². The average Bonchev–Trinajstić information content (AvgIpc) is 3.42. The molecular weight excluding hydrogens is 383 g/mol. The molecule has 29 heavy (non-hydrogen) atoms. The van der Waals surface area contributed by atoms with Crippen LogP contribution in [0.1, 0.15) is 61.8 Å². The maximum absolute atomic E-state index is 13.0. The fourth-order valence-corrected chi connectivity index (χ4v) is 3.59. The third-order valence-electron chi connectivity index (χ3n) is 5.10. The van der Waals surface area contributed by atoms with Gasteiger partial charge in [0.05, 0.1) is 30.0 Å². The Balaban J connectivity index is 1.52. The minimum absolute atomic E-state index is 0.0375. The maximum atomic E-state index is 13.0. The van der Waals surface area contributed by atoms with Crippen LogP contribution in [0, 0.1) is 0 Å². The standard InChI is InChI=1S/C20H22F3N5O/c1-12(2)19-26-17(27-29-19)11-28-8-4-7-16(28)18-24-10-15(25-18)13-5-3-6-14(9-13)20(21,22)23/h3,5-6,9-10,12,16H,4,7-8,11H2,1-2H3,(H,24,25)/t16-/m0/s1. The second-order valence-electron chi connectivity index (χ2n) is 7.59. The molecule has 0 radical (unpaired) electrons. The molecule has 0 bridgehead atoms. The normalized spacial score (nSPS) is 18.1. The van der Waals surface area contributed by atoms with E-state index in [4.69, 9.17) is 4.52 Å². The highest BCUT2D eigenvalue weighted by molar-refractivity contribution is 5.59. The van der Waals surface area contributed by atoms with E-state index in [9.17, 15) is 13.2 Å². The molecule has 3 heterocycles. The molecule has 0 amide bonds. The Kier molecular flexibility index (Phi) is 5.16. The van der Waals surface area contributed by atoms with E-state index in [0.29, 0.717) is 29.5 Å². The summed E-state index contributed by atoms with van der Waals surface area (Å²) in [4.78, 5) is 14.3. The van der Waals surface area contributed by atoms with Crippen molar-refractivity contribution in [2.45, 2.75) is 51.4 Å². The molecule has 1 N–H and O–H groups in total. The fraction of sp³-hybridized carbons (Fsp3) is 0.450. The van der Waals surface area contributed by atoms with Gasteiger partial charge in [0.25, 0.3) is 0 Å². The molecule has 1 aliphatic heterocycles. The van der Waals surface area contributed by atoms with E-state index in [0.717, 1.165) is 37.3 Å². The summed E-state index contributed by atoms with van der Waals surface area (Å²) in [5, 5.41) is 4.05. The Morgan fingerprint density at radius 2 is 2.14 bits per heavy atom. The van der Waals surface area contributed by atoms with Crippen LogP contribution in [0.3, 0.4) is 0 Å². The van der Waals surface area contributed by atoms with Crippen LogP contribution in [0.4, 0.5) is 13.2 Å². The summed E-state index contributed by atoms with van der Waals surface area (Å²) in [6.45, 7) is 5.40. The predicted octanol–water partition coefficient (Wildman–Crippen LogP) is 4.94. The molecule has 154 valence electrons. The molecule has 1 fully saturated rings. The lowest BCUT2D eigenvalue weighted by Crippen LogP contribution is -2.24. The van der Waals surface area contributed by atoms with Gasteiger partial charge in [-0.25, -0.2) is 4.98 Å². The number of H-pyrrole nitrogens is 1. The van der Waals surface area contributed by atoms with Crippen molar-refractivity contribution < 1.29 is 17.7 Å². The summed E-state index contributed by atoms with van der Waals surface area (Å²) in [5.41, 5.74) is 0.356. The number of likely N-dealkylation sites (tertiary alicyclic amines) is 1. The van der Waals surface area contributed by atoms with Crippen molar-refractivity contribution in [3.8, 4) is 11.3 Å². The highest BCUT2D eigenvalue weighted by Crippen LogP contribution is 2.34. The highest BCUT2D eigenvalue weighted by atomic mass is 19.4. The number of alkyl halides is 3. The van der Waals surface area contributed by atoms with Crippen LogP contribution in [-0.2, 0) is 12.7 Å². The number of imidazole rings is 1. The van der Waals surface area contributed by atoms with Crippen LogP contribution in [0.15, 0.2) is 35.0 Å². The molecule has 1 atom stereocenters. The first-order valence-electron chi connectivity index (χ1n) is 9.60. The van der Waals surface area contributed by atoms with Crippen LogP contribution >= 0.6 is 0 Å². The van der Waals surface area contributed by atoms with Crippen LogP contribution in [0.2, 0.25) is 0 Å². The highest BCUT2D eigenvalue weighted by Gasteiger charge is 2.32. The van der Waals surface area contributed by atoms with Gasteiger partial charge < -0.3 is 9.51 Å². The molecular formula is C20H22F3N5O. The molecule has 0 saturated carbocycles. The number of hydrogen-bond donors (Lipinski definition) is 1. The first-order chi connectivity index (χ1) is 13.8. The van der Waals surface area contributed by atoms with E-state index in [2.05, 4.69) is 25.0 Å². The Morgan fingerprint density at radius 1 is 1.31 bits per heavy atom. The van der Waals surface area contributed by atoms with Gasteiger partial charge in [0.2, 0.25) is 5.89 Å². The maximum Gasteiger partial charge on any atom is 0.416 e. The fourth-order valence-electron chi connectivity index (χ4n) is 3.59. The SMILES string of the molecule is CC(C)c1nc(CN2CCC[C@H]2c2ncc(-c3cccc(C(F)(F)F)c3)[nH]2)no1. The number of rotatable bonds is 5. The van der Waals surface area contributed by atoms with Crippen LogP contribution < -0.4 is 0 Å². The van der Waals surface area contributed by atoms with E-state index in [1.54, 1.807) is 12.3 Å². The summed E-state index contributed by atoms with van der Waals surface area (Å²) in [6.07, 6.45) is -0.878. The summed E-state index contributed by atoms with van der Waals surface area (Å²) in [5.74, 6) is 2.15. The van der Waals surface area contributed by atoms with Crippen molar-refractivity contribution in [2.75, 3.05) is 6.54 Å². The van der Waals surface area contributed by atoms with Gasteiger partial charge in [-0.1, -0.05) is 31.1 Å². The molecule has 0 spiro atoms. The first-order valence-corrected chi connectivity index (χ1v) is 9.60. The molecule has 0 aliphatic carbocycles. The van der Waals surface area contributed by atoms with Crippen molar-refractivity contribution in [1.82, 2.24) is 25.0 Å². The van der Waals surface area contributed by atoms with E-state index < -0.39 is 11.7 Å². The Morgan fingerprint density at radius 3 is 2.86 bits per heavy atom. The third-order valence-corrected chi connectivity index (χ3v) is 5.10. The number of aromatic nitrogens is 4. The van der Waals surface area contributed by atoms with Crippen LogP contribution in [0.25, 0.3) is 11.3 Å². The van der Waals surface area contributed by atoms with E-state index in [1.807, 2.05) is 13.8 Å². The lowest BCUT2D eigenvalue weighted by Gasteiger charge is -2.21. The quantitative estimate of drug-likeness (QED) is 0.651. The molecule has 6 nitrogen and oxygen atoms in total. The number of benzene rings is 1. The van der Waals surface area contributed by atoms with E-state index in [-0.39, 0.29) is 12.0 Å². The van der Waals surface area contributed by atoms with Crippen molar-refractivity contribution >= 4 is 0 Å². The molecule has 1 saturated heterocycles. The molecule has 1 aliphatic rings. The summed E-state index contributed by atoms with van der Waals surface area (Å²) < 4.78 is 44.3. The zero-order valence-corrected chi connectivity index (χ0v) is 16.2. The number of aromatic amines is 1. The molecule has 0 unspecified atom stereocenters. The van der Waals surface area contributed by atoms with E-state index in [1.165, 1.54) is 6.07 Å². The largest absolute Gasteiger partial charge is 0.416 e. The van der Waals surface area contributed by atoms with Gasteiger partial charge in [-0.3, -0.25) is 4.90 Å². The van der Waals surface area contributed by atoms with Crippen molar-refractivity contribution in [1.29, 1.82) is 0 Å². The van der Waals surface area contributed by atoms with Gasteiger partial charge in [0, 0.05) is 11.5 Å². The number of hydrogen-bond acceptors (Lipinski definition) is 5. The van der Waals surface area contributed by atoms with Gasteiger partial charge in [0.1, 0.15) is 5.82 Å². The third kappa shape index (κ3) is 4.19. The molecule has 3 aromatic rings. The molecule has 2 aromatic heterocycles. The second-order valence-corrected chi connectivity index (χ2v) is 7.59. The first kappa shape index (κ1) is 19.6. The van der Waals surface area contributed by atoms with Crippen molar-refractivity contribution in [3.63, 3.8) is 0 Å². The monoisotopic (exact) mass is 405 g/mol. The summed E-state index contributed by atoms with van der Waals surface area (Å²) >= 11 is 0. The summed E-state index contributed by atoms with van der Waals surface area (Å²) in [6, 6.07) is 5.29. The zero-order valence-electron chi connectivity index (χ0n) is 16.2. The second kappa shape index (κ2) is 7.62. The predicted molar refractivity (Wildman–Crippen MR) is 99.8 cm³/mol. The number of nitrogens with one attached hydrogen (secondary N) is 1. The molecule has 9 heteroatoms. The topological polar surface area (TPSA) is 70.8 Å². The zero-order chi connectivity index (χ0) is 20.6. The lowest BCUT2D eigenvalue weighted by molar-refractivity contribution is -0.137.